The summed E-state index contributed by atoms with van der Waals surface area (Å²) in [5.41, 5.74) is 4.78. The quantitative estimate of drug-likeness (QED) is 0.288. The van der Waals surface area contributed by atoms with Gasteiger partial charge in [-0.2, -0.15) is 8.42 Å². The lowest BCUT2D eigenvalue weighted by Crippen LogP contribution is -2.03. The summed E-state index contributed by atoms with van der Waals surface area (Å²) >= 11 is 0. The van der Waals surface area contributed by atoms with Crippen LogP contribution in [-0.4, -0.2) is 24.0 Å². The van der Waals surface area contributed by atoms with E-state index in [1.807, 2.05) is 0 Å². The minimum atomic E-state index is -4.50. The van der Waals surface area contributed by atoms with Crippen LogP contribution in [0.25, 0.3) is 10.8 Å². The van der Waals surface area contributed by atoms with E-state index in [9.17, 15) is 18.1 Å². The molecule has 0 amide bonds. The van der Waals surface area contributed by atoms with E-state index in [4.69, 9.17) is 11.1 Å². The van der Waals surface area contributed by atoms with E-state index < -0.39 is 21.0 Å². The van der Waals surface area contributed by atoms with Crippen LogP contribution in [0.3, 0.4) is 0 Å². The van der Waals surface area contributed by atoms with Crippen molar-refractivity contribution in [2.45, 2.75) is 4.90 Å². The Kier molecular flexibility index (Phi) is 3.38. The van der Waals surface area contributed by atoms with E-state index in [1.54, 1.807) is 12.1 Å². The van der Waals surface area contributed by atoms with Crippen LogP contribution in [0.5, 0.6) is 5.75 Å². The number of rotatable bonds is 2. The lowest BCUT2D eigenvalue weighted by molar-refractivity contribution is 0.480. The number of fused-ring (bicyclic) bond motifs is 1. The monoisotopic (exact) mass is 294 g/mol. The Hall–Kier alpha value is -2.52. The molecule has 8 nitrogen and oxygen atoms in total. The Morgan fingerprint density at radius 3 is 2.40 bits per heavy atom. The second-order valence-corrected chi connectivity index (χ2v) is 5.24. The predicted octanol–water partition coefficient (Wildman–Crippen LogP) is 1.77. The molecule has 0 unspecified atom stereocenters. The van der Waals surface area contributed by atoms with Gasteiger partial charge in [0.2, 0.25) is 5.96 Å². The summed E-state index contributed by atoms with van der Waals surface area (Å²) in [6, 6.07) is 7.00. The van der Waals surface area contributed by atoms with Gasteiger partial charge < -0.3 is 10.8 Å². The molecular formula is C11H10N4O4S. The molecule has 0 fully saturated rings. The van der Waals surface area contributed by atoms with Crippen LogP contribution in [0, 0.1) is 5.41 Å². The van der Waals surface area contributed by atoms with Crippen molar-refractivity contribution >= 4 is 32.5 Å². The summed E-state index contributed by atoms with van der Waals surface area (Å²) in [6.07, 6.45) is 0. The van der Waals surface area contributed by atoms with Crippen molar-refractivity contribution in [3.8, 4) is 5.75 Å². The normalized spacial score (nSPS) is 12.1. The number of hydrogen-bond donors (Lipinski definition) is 4. The van der Waals surface area contributed by atoms with Gasteiger partial charge in [0.1, 0.15) is 10.6 Å². The molecule has 104 valence electrons. The van der Waals surface area contributed by atoms with Crippen molar-refractivity contribution in [1.82, 2.24) is 0 Å². The fourth-order valence-electron chi connectivity index (χ4n) is 1.71. The fourth-order valence-corrected chi connectivity index (χ4v) is 2.43. The maximum atomic E-state index is 11.4. The summed E-state index contributed by atoms with van der Waals surface area (Å²) < 4.78 is 32.0. The van der Waals surface area contributed by atoms with E-state index in [1.165, 1.54) is 12.1 Å². The fraction of sp³-hybridized carbons (Fsp3) is 0. The summed E-state index contributed by atoms with van der Waals surface area (Å²) in [6.45, 7) is 0. The Morgan fingerprint density at radius 1 is 1.25 bits per heavy atom. The smallest absolute Gasteiger partial charge is 0.295 e. The Morgan fingerprint density at radius 2 is 1.85 bits per heavy atom. The first-order valence-corrected chi connectivity index (χ1v) is 6.72. The summed E-state index contributed by atoms with van der Waals surface area (Å²) in [5.74, 6) is -0.927. The number of phenols is 1. The second-order valence-electron chi connectivity index (χ2n) is 3.85. The van der Waals surface area contributed by atoms with Crippen LogP contribution in [0.1, 0.15) is 0 Å². The lowest BCUT2D eigenvalue weighted by atomic mass is 10.1. The molecule has 9 heteroatoms. The molecule has 0 bridgehead atoms. The van der Waals surface area contributed by atoms with Crippen LogP contribution in [-0.2, 0) is 10.1 Å². The summed E-state index contributed by atoms with van der Waals surface area (Å²) in [4.78, 5) is -0.414. The molecule has 0 saturated heterocycles. The molecule has 0 saturated carbocycles. The zero-order valence-corrected chi connectivity index (χ0v) is 10.8. The van der Waals surface area contributed by atoms with Crippen molar-refractivity contribution in [2.75, 3.05) is 0 Å². The first-order chi connectivity index (χ1) is 9.30. The number of guanidine groups is 1. The maximum Gasteiger partial charge on any atom is 0.295 e. The molecule has 5 N–H and O–H groups in total. The van der Waals surface area contributed by atoms with Gasteiger partial charge in [-0.25, -0.2) is 0 Å². The molecule has 2 aromatic carbocycles. The molecule has 0 aliphatic rings. The molecule has 0 atom stereocenters. The number of nitrogens with two attached hydrogens (primary N) is 1. The standard InChI is InChI=1S/C11H10N4O4S/c12-11(13)15-14-8-5-9(20(17,18)19)6-3-1-2-4-7(6)10(8)16/h1-5,16H,(H3,12,13)(H,17,18,19). The lowest BCUT2D eigenvalue weighted by Gasteiger charge is -2.08. The van der Waals surface area contributed by atoms with Crippen molar-refractivity contribution in [3.63, 3.8) is 0 Å². The SMILES string of the molecule is N=C(N)N=Nc1cc(S(=O)(=O)O)c2ccccc2c1O. The van der Waals surface area contributed by atoms with Gasteiger partial charge in [-0.05, 0) is 6.07 Å². The van der Waals surface area contributed by atoms with E-state index >= 15 is 0 Å². The number of nitrogens with one attached hydrogen (secondary N) is 1. The van der Waals surface area contributed by atoms with E-state index in [-0.39, 0.29) is 22.2 Å². The topological polar surface area (TPSA) is 149 Å². The Bertz CT molecular complexity index is 830. The predicted molar refractivity (Wildman–Crippen MR) is 71.9 cm³/mol. The Balaban J connectivity index is 2.86. The van der Waals surface area contributed by atoms with Gasteiger partial charge in [0, 0.05) is 10.8 Å². The highest BCUT2D eigenvalue weighted by Crippen LogP contribution is 2.38. The maximum absolute atomic E-state index is 11.4. The van der Waals surface area contributed by atoms with E-state index in [2.05, 4.69) is 10.2 Å². The van der Waals surface area contributed by atoms with Gasteiger partial charge in [-0.1, -0.05) is 24.3 Å². The number of phenolic OH excluding ortho intramolecular Hbond substituents is 1. The summed E-state index contributed by atoms with van der Waals surface area (Å²) in [7, 11) is -4.50. The van der Waals surface area contributed by atoms with E-state index in [0.29, 0.717) is 0 Å². The molecule has 2 rings (SSSR count). The molecule has 0 aliphatic carbocycles. The highest BCUT2D eigenvalue weighted by atomic mass is 32.2. The molecule has 0 aliphatic heterocycles. The molecule has 0 aromatic heterocycles. The highest BCUT2D eigenvalue weighted by molar-refractivity contribution is 7.86. The van der Waals surface area contributed by atoms with Crippen LogP contribution in [0.4, 0.5) is 5.69 Å². The number of aromatic hydroxyl groups is 1. The van der Waals surface area contributed by atoms with Crippen LogP contribution in [0.15, 0.2) is 45.5 Å². The van der Waals surface area contributed by atoms with Crippen LogP contribution in [0.2, 0.25) is 0 Å². The van der Waals surface area contributed by atoms with Crippen molar-refractivity contribution < 1.29 is 18.1 Å². The highest BCUT2D eigenvalue weighted by Gasteiger charge is 2.19. The van der Waals surface area contributed by atoms with Gasteiger partial charge in [0.25, 0.3) is 10.1 Å². The number of benzene rings is 2. The number of hydrogen-bond acceptors (Lipinski definition) is 5. The van der Waals surface area contributed by atoms with Gasteiger partial charge in [-0.3, -0.25) is 9.96 Å². The molecule has 0 heterocycles. The summed E-state index contributed by atoms with van der Waals surface area (Å²) in [5, 5.41) is 24.0. The molecular weight excluding hydrogens is 284 g/mol. The van der Waals surface area contributed by atoms with E-state index in [0.717, 1.165) is 6.07 Å². The van der Waals surface area contributed by atoms with Gasteiger partial charge in [0.15, 0.2) is 5.75 Å². The average molecular weight is 294 g/mol. The van der Waals surface area contributed by atoms with Crippen molar-refractivity contribution in [1.29, 1.82) is 5.41 Å². The molecule has 20 heavy (non-hydrogen) atoms. The number of azo groups is 1. The van der Waals surface area contributed by atoms with Gasteiger partial charge in [-0.15, -0.1) is 10.2 Å². The van der Waals surface area contributed by atoms with Crippen LogP contribution >= 0.6 is 0 Å². The molecule has 0 radical (unpaired) electrons. The third kappa shape index (κ3) is 2.58. The van der Waals surface area contributed by atoms with Crippen molar-refractivity contribution in [2.24, 2.45) is 16.0 Å². The minimum Gasteiger partial charge on any atom is -0.505 e. The Labute approximate surface area is 113 Å². The first kappa shape index (κ1) is 13.9. The third-order valence-corrected chi connectivity index (χ3v) is 3.40. The molecule has 2 aromatic rings. The largest absolute Gasteiger partial charge is 0.505 e. The van der Waals surface area contributed by atoms with Gasteiger partial charge >= 0.3 is 0 Å². The first-order valence-electron chi connectivity index (χ1n) is 5.28. The van der Waals surface area contributed by atoms with Crippen LogP contribution < -0.4 is 5.73 Å². The number of nitrogens with zero attached hydrogens (tertiary/aromatic N) is 2. The zero-order chi connectivity index (χ0) is 14.9. The minimum absolute atomic E-state index is 0.147. The van der Waals surface area contributed by atoms with Crippen molar-refractivity contribution in [3.05, 3.63) is 30.3 Å². The zero-order valence-electron chi connectivity index (χ0n) is 9.98. The molecule has 0 spiro atoms. The third-order valence-electron chi connectivity index (χ3n) is 2.50. The second kappa shape index (κ2) is 4.87. The van der Waals surface area contributed by atoms with Gasteiger partial charge in [0.05, 0.1) is 0 Å². The average Bonchev–Trinajstić information content (AvgIpc) is 2.36.